The average Bonchev–Trinajstić information content (AvgIpc) is 2.52. The lowest BCUT2D eigenvalue weighted by Gasteiger charge is -2.48. The Kier molecular flexibility index (Phi) is 4.26. The van der Waals surface area contributed by atoms with E-state index in [2.05, 4.69) is 0 Å². The standard InChI is InChI=1S/C13H19N3O7/c17-11(16-8-4-22-6-9(16)7-23-5-8)10-3-14(12(18)19)1-2-15(10)13(20)21/h8-10H,1-7H2,(H,18,19)(H,20,21)/t8?,9?,10-/m1/s1. The van der Waals surface area contributed by atoms with Gasteiger partial charge in [0.25, 0.3) is 0 Å². The molecule has 3 heterocycles. The monoisotopic (exact) mass is 329 g/mol. The SMILES string of the molecule is O=C(O)N1CCN(C(=O)O)[C@@H](C(=O)N2C3COCC2COC3)C1. The van der Waals surface area contributed by atoms with E-state index in [4.69, 9.17) is 14.6 Å². The van der Waals surface area contributed by atoms with Gasteiger partial charge < -0.3 is 29.5 Å². The van der Waals surface area contributed by atoms with E-state index in [1.54, 1.807) is 4.90 Å². The molecule has 2 bridgehead atoms. The zero-order chi connectivity index (χ0) is 16.6. The number of carboxylic acid groups (broad SMARTS) is 2. The van der Waals surface area contributed by atoms with Crippen molar-refractivity contribution in [3.8, 4) is 0 Å². The number of nitrogens with zero attached hydrogens (tertiary/aromatic N) is 3. The van der Waals surface area contributed by atoms with Crippen molar-refractivity contribution in [2.75, 3.05) is 46.1 Å². The fraction of sp³-hybridized carbons (Fsp3) is 0.769. The van der Waals surface area contributed by atoms with E-state index >= 15 is 0 Å². The van der Waals surface area contributed by atoms with E-state index in [-0.39, 0.29) is 37.6 Å². The molecule has 0 unspecified atom stereocenters. The fourth-order valence-corrected chi connectivity index (χ4v) is 3.32. The molecule has 10 heteroatoms. The van der Waals surface area contributed by atoms with Gasteiger partial charge in [-0.05, 0) is 0 Å². The molecule has 0 aromatic rings. The van der Waals surface area contributed by atoms with Gasteiger partial charge >= 0.3 is 12.2 Å². The van der Waals surface area contributed by atoms with E-state index in [1.165, 1.54) is 0 Å². The maximum Gasteiger partial charge on any atom is 0.408 e. The Labute approximate surface area is 132 Å². The number of hydrogen-bond acceptors (Lipinski definition) is 5. The van der Waals surface area contributed by atoms with Crippen LogP contribution in [-0.4, -0.2) is 107 Å². The van der Waals surface area contributed by atoms with Crippen LogP contribution < -0.4 is 0 Å². The molecule has 3 amide bonds. The predicted molar refractivity (Wildman–Crippen MR) is 74.2 cm³/mol. The van der Waals surface area contributed by atoms with E-state index < -0.39 is 18.2 Å². The second-order valence-electron chi connectivity index (χ2n) is 5.85. The van der Waals surface area contributed by atoms with Gasteiger partial charge in [-0.25, -0.2) is 9.59 Å². The Morgan fingerprint density at radius 2 is 1.43 bits per heavy atom. The number of amides is 3. The third kappa shape index (κ3) is 2.91. The summed E-state index contributed by atoms with van der Waals surface area (Å²) < 4.78 is 10.9. The van der Waals surface area contributed by atoms with Gasteiger partial charge in [-0.2, -0.15) is 0 Å². The quantitative estimate of drug-likeness (QED) is 0.630. The highest BCUT2D eigenvalue weighted by molar-refractivity contribution is 5.87. The first-order valence-electron chi connectivity index (χ1n) is 7.44. The molecule has 1 atom stereocenters. The molecule has 10 nitrogen and oxygen atoms in total. The van der Waals surface area contributed by atoms with Crippen LogP contribution in [0.25, 0.3) is 0 Å². The Bertz CT molecular complexity index is 492. The first-order valence-corrected chi connectivity index (χ1v) is 7.44. The number of carbonyl (C=O) groups excluding carboxylic acids is 1. The largest absolute Gasteiger partial charge is 0.465 e. The molecular weight excluding hydrogens is 310 g/mol. The third-order valence-corrected chi connectivity index (χ3v) is 4.46. The summed E-state index contributed by atoms with van der Waals surface area (Å²) in [5, 5.41) is 18.5. The van der Waals surface area contributed by atoms with Crippen molar-refractivity contribution < 1.29 is 34.1 Å². The molecule has 3 aliphatic rings. The number of ether oxygens (including phenoxy) is 2. The second kappa shape index (κ2) is 6.20. The van der Waals surface area contributed by atoms with Crippen LogP contribution in [0.3, 0.4) is 0 Å². The van der Waals surface area contributed by atoms with Crippen molar-refractivity contribution in [2.24, 2.45) is 0 Å². The summed E-state index contributed by atoms with van der Waals surface area (Å²) in [6.45, 7) is 1.24. The minimum atomic E-state index is -1.22. The molecule has 3 fully saturated rings. The fourth-order valence-electron chi connectivity index (χ4n) is 3.32. The van der Waals surface area contributed by atoms with Gasteiger partial charge in [0, 0.05) is 13.1 Å². The molecule has 0 saturated carbocycles. The van der Waals surface area contributed by atoms with Crippen LogP contribution >= 0.6 is 0 Å². The first-order chi connectivity index (χ1) is 11.0. The van der Waals surface area contributed by atoms with Crippen molar-refractivity contribution in [1.82, 2.24) is 14.7 Å². The summed E-state index contributed by atoms with van der Waals surface area (Å²) in [4.78, 5) is 39.2. The summed E-state index contributed by atoms with van der Waals surface area (Å²) in [6.07, 6.45) is -2.37. The number of morpholine rings is 2. The number of carbonyl (C=O) groups is 3. The van der Waals surface area contributed by atoms with Crippen LogP contribution in [0.5, 0.6) is 0 Å². The number of fused-ring (bicyclic) bond motifs is 2. The Hall–Kier alpha value is -2.07. The van der Waals surface area contributed by atoms with Crippen LogP contribution in [0.1, 0.15) is 0 Å². The smallest absolute Gasteiger partial charge is 0.408 e. The highest BCUT2D eigenvalue weighted by Crippen LogP contribution is 2.23. The Morgan fingerprint density at radius 1 is 0.870 bits per heavy atom. The maximum atomic E-state index is 12.9. The predicted octanol–water partition coefficient (Wildman–Crippen LogP) is -1.05. The van der Waals surface area contributed by atoms with Crippen LogP contribution in [-0.2, 0) is 14.3 Å². The lowest BCUT2D eigenvalue weighted by atomic mass is 10.0. The molecule has 0 radical (unpaired) electrons. The summed E-state index contributed by atoms with van der Waals surface area (Å²) in [5.74, 6) is -0.375. The number of hydrogen-bond donors (Lipinski definition) is 2. The summed E-state index contributed by atoms with van der Waals surface area (Å²) in [6, 6.07) is -1.55. The van der Waals surface area contributed by atoms with Crippen molar-refractivity contribution in [1.29, 1.82) is 0 Å². The van der Waals surface area contributed by atoms with Crippen LogP contribution in [0, 0.1) is 0 Å². The summed E-state index contributed by atoms with van der Waals surface area (Å²) in [7, 11) is 0. The molecule has 2 N–H and O–H groups in total. The number of piperazine rings is 1. The molecule has 0 aromatic carbocycles. The number of rotatable bonds is 1. The molecule has 0 spiro atoms. The molecule has 3 rings (SSSR count). The van der Waals surface area contributed by atoms with Crippen LogP contribution in [0.2, 0.25) is 0 Å². The van der Waals surface area contributed by atoms with Crippen molar-refractivity contribution in [2.45, 2.75) is 18.1 Å². The van der Waals surface area contributed by atoms with E-state index in [9.17, 15) is 19.5 Å². The molecule has 23 heavy (non-hydrogen) atoms. The minimum absolute atomic E-state index is 0.0196. The molecule has 3 saturated heterocycles. The van der Waals surface area contributed by atoms with E-state index in [0.717, 1.165) is 9.80 Å². The van der Waals surface area contributed by atoms with Gasteiger partial charge in [0.15, 0.2) is 0 Å². The van der Waals surface area contributed by atoms with Crippen molar-refractivity contribution >= 4 is 18.1 Å². The zero-order valence-corrected chi connectivity index (χ0v) is 12.5. The van der Waals surface area contributed by atoms with Gasteiger partial charge in [0.2, 0.25) is 5.91 Å². The van der Waals surface area contributed by atoms with Gasteiger partial charge in [-0.15, -0.1) is 0 Å². The van der Waals surface area contributed by atoms with Gasteiger partial charge in [0.1, 0.15) is 6.04 Å². The van der Waals surface area contributed by atoms with Gasteiger partial charge in [-0.1, -0.05) is 0 Å². The summed E-state index contributed by atoms with van der Waals surface area (Å²) >= 11 is 0. The highest BCUT2D eigenvalue weighted by Gasteiger charge is 2.45. The minimum Gasteiger partial charge on any atom is -0.465 e. The first kappa shape index (κ1) is 15.8. The average molecular weight is 329 g/mol. The zero-order valence-electron chi connectivity index (χ0n) is 12.5. The lowest BCUT2D eigenvalue weighted by molar-refractivity contribution is -0.173. The molecule has 128 valence electrons. The van der Waals surface area contributed by atoms with Crippen molar-refractivity contribution in [3.05, 3.63) is 0 Å². The molecule has 0 aliphatic carbocycles. The van der Waals surface area contributed by atoms with Gasteiger partial charge in [-0.3, -0.25) is 9.69 Å². The third-order valence-electron chi connectivity index (χ3n) is 4.46. The summed E-state index contributed by atoms with van der Waals surface area (Å²) in [5.41, 5.74) is 0. The van der Waals surface area contributed by atoms with E-state index in [1.807, 2.05) is 0 Å². The van der Waals surface area contributed by atoms with E-state index in [0.29, 0.717) is 26.4 Å². The Morgan fingerprint density at radius 3 is 1.91 bits per heavy atom. The molecule has 3 aliphatic heterocycles. The van der Waals surface area contributed by atoms with Crippen molar-refractivity contribution in [3.63, 3.8) is 0 Å². The van der Waals surface area contributed by atoms with Crippen LogP contribution in [0.4, 0.5) is 9.59 Å². The normalized spacial score (nSPS) is 31.0. The molecular formula is C13H19N3O7. The van der Waals surface area contributed by atoms with Crippen LogP contribution in [0.15, 0.2) is 0 Å². The lowest BCUT2D eigenvalue weighted by Crippen LogP contribution is -2.68. The Balaban J connectivity index is 1.81. The topological polar surface area (TPSA) is 120 Å². The maximum absolute atomic E-state index is 12.9. The van der Waals surface area contributed by atoms with Gasteiger partial charge in [0.05, 0.1) is 45.1 Å². The second-order valence-corrected chi connectivity index (χ2v) is 5.85. The highest BCUT2D eigenvalue weighted by atomic mass is 16.5. The molecule has 0 aromatic heterocycles.